The Kier molecular flexibility index (Phi) is 5.45. The zero-order valence-corrected chi connectivity index (χ0v) is 12.5. The van der Waals surface area contributed by atoms with Gasteiger partial charge in [-0.2, -0.15) is 0 Å². The number of rotatable bonds is 0. The summed E-state index contributed by atoms with van der Waals surface area (Å²) in [6.45, 7) is 3.99. The van der Waals surface area contributed by atoms with E-state index < -0.39 is 0 Å². The molecule has 0 saturated heterocycles. The maximum absolute atomic E-state index is 3.04. The molecule has 0 nitrogen and oxygen atoms in total. The third-order valence-electron chi connectivity index (χ3n) is 3.03. The summed E-state index contributed by atoms with van der Waals surface area (Å²) in [5.74, 6) is 11.8. The van der Waals surface area contributed by atoms with Crippen molar-refractivity contribution in [2.45, 2.75) is 20.3 Å². The first-order valence-corrected chi connectivity index (χ1v) is 7.02. The summed E-state index contributed by atoms with van der Waals surface area (Å²) >= 11 is 0. The van der Waals surface area contributed by atoms with E-state index in [-0.39, 0.29) is 0 Å². The molecule has 21 heavy (non-hydrogen) atoms. The first-order valence-electron chi connectivity index (χ1n) is 7.02. The summed E-state index contributed by atoms with van der Waals surface area (Å²) in [5.41, 5.74) is 4.58. The SMILES string of the molecule is CC1=C/C=C\C2=CC=CC=C(/C=C/C=C(\C)C#CC#C1)C2. The summed E-state index contributed by atoms with van der Waals surface area (Å²) in [4.78, 5) is 0. The van der Waals surface area contributed by atoms with Crippen LogP contribution in [0.5, 0.6) is 0 Å². The zero-order valence-electron chi connectivity index (χ0n) is 12.5. The van der Waals surface area contributed by atoms with Crippen LogP contribution >= 0.6 is 0 Å². The molecule has 0 amide bonds. The van der Waals surface area contributed by atoms with Gasteiger partial charge in [-0.1, -0.05) is 72.6 Å². The molecule has 2 aliphatic rings. The summed E-state index contributed by atoms with van der Waals surface area (Å²) in [6, 6.07) is 0. The molecule has 0 radical (unpaired) electrons. The lowest BCUT2D eigenvalue weighted by molar-refractivity contribution is 1.21. The lowest BCUT2D eigenvalue weighted by Crippen LogP contribution is -1.81. The highest BCUT2D eigenvalue weighted by molar-refractivity contribution is 5.44. The van der Waals surface area contributed by atoms with E-state index >= 15 is 0 Å². The largest absolute Gasteiger partial charge is 0.0620 e. The molecule has 0 heterocycles. The predicted octanol–water partition coefficient (Wildman–Crippen LogP) is 4.82. The Morgan fingerprint density at radius 3 is 1.62 bits per heavy atom. The fourth-order valence-corrected chi connectivity index (χ4v) is 1.92. The standard InChI is InChI=1S/C21H18/c1-18-9-3-4-10-19(2)12-8-16-21-14-6-5-13-20(17-21)15-7-11-18/h5-8,11-16H,17H2,1-2H3/b11-7?,12-8?,15-7-,16-8+,18-11?,19-12+,20-15?,21-16?. The summed E-state index contributed by atoms with van der Waals surface area (Å²) in [7, 11) is 0. The van der Waals surface area contributed by atoms with Crippen molar-refractivity contribution in [1.82, 2.24) is 0 Å². The van der Waals surface area contributed by atoms with Crippen LogP contribution < -0.4 is 0 Å². The Labute approximate surface area is 127 Å². The van der Waals surface area contributed by atoms with Crippen LogP contribution in [0.15, 0.2) is 83.1 Å². The highest BCUT2D eigenvalue weighted by atomic mass is 14.0. The molecule has 0 spiro atoms. The van der Waals surface area contributed by atoms with Crippen molar-refractivity contribution < 1.29 is 0 Å². The zero-order chi connectivity index (χ0) is 14.9. The molecule has 0 atom stereocenters. The average Bonchev–Trinajstić information content (AvgIpc) is 2.68. The second-order valence-corrected chi connectivity index (χ2v) is 4.96. The normalized spacial score (nSPS) is 23.0. The Morgan fingerprint density at radius 1 is 0.667 bits per heavy atom. The molecule has 102 valence electrons. The molecule has 0 N–H and O–H groups in total. The third-order valence-corrected chi connectivity index (χ3v) is 3.03. The van der Waals surface area contributed by atoms with Gasteiger partial charge in [-0.3, -0.25) is 0 Å². The first-order chi connectivity index (χ1) is 10.2. The van der Waals surface area contributed by atoms with Gasteiger partial charge in [-0.15, -0.1) is 0 Å². The molecule has 0 aromatic heterocycles. The van der Waals surface area contributed by atoms with E-state index in [2.05, 4.69) is 60.1 Å². The number of allylic oxidation sites excluding steroid dienone is 14. The van der Waals surface area contributed by atoms with Gasteiger partial charge in [0.2, 0.25) is 0 Å². The van der Waals surface area contributed by atoms with E-state index in [1.54, 1.807) is 0 Å². The maximum Gasteiger partial charge on any atom is -0.0000496 e. The van der Waals surface area contributed by atoms with Gasteiger partial charge in [-0.25, -0.2) is 0 Å². The second-order valence-electron chi connectivity index (χ2n) is 4.96. The van der Waals surface area contributed by atoms with Gasteiger partial charge in [0, 0.05) is 0 Å². The molecule has 2 aliphatic carbocycles. The molecular weight excluding hydrogens is 252 g/mol. The van der Waals surface area contributed by atoms with Gasteiger partial charge in [0.1, 0.15) is 0 Å². The van der Waals surface area contributed by atoms with Gasteiger partial charge in [-0.05, 0) is 54.4 Å². The molecule has 0 fully saturated rings. The van der Waals surface area contributed by atoms with Crippen LogP contribution in [0.1, 0.15) is 20.3 Å². The third kappa shape index (κ3) is 5.43. The molecule has 0 aromatic carbocycles. The summed E-state index contributed by atoms with van der Waals surface area (Å²) in [5, 5.41) is 0. The molecule has 2 rings (SSSR count). The van der Waals surface area contributed by atoms with Crippen LogP contribution in [0, 0.1) is 23.7 Å². The van der Waals surface area contributed by atoms with Crippen LogP contribution in [0.3, 0.4) is 0 Å². The number of fused-ring (bicyclic) bond motifs is 2. The minimum Gasteiger partial charge on any atom is -0.0620 e. The van der Waals surface area contributed by atoms with E-state index in [0.717, 1.165) is 17.6 Å². The van der Waals surface area contributed by atoms with E-state index in [4.69, 9.17) is 0 Å². The van der Waals surface area contributed by atoms with Crippen molar-refractivity contribution in [1.29, 1.82) is 0 Å². The van der Waals surface area contributed by atoms with Gasteiger partial charge >= 0.3 is 0 Å². The minimum atomic E-state index is 0.928. The molecule has 2 bridgehead atoms. The Bertz CT molecular complexity index is 669. The summed E-state index contributed by atoms with van der Waals surface area (Å²) < 4.78 is 0. The van der Waals surface area contributed by atoms with E-state index in [1.807, 2.05) is 38.2 Å². The van der Waals surface area contributed by atoms with Crippen molar-refractivity contribution in [3.8, 4) is 23.7 Å². The van der Waals surface area contributed by atoms with Crippen molar-refractivity contribution in [3.05, 3.63) is 83.1 Å². The van der Waals surface area contributed by atoms with Gasteiger partial charge in [0.05, 0.1) is 0 Å². The lowest BCUT2D eigenvalue weighted by Gasteiger charge is -2.01. The quantitative estimate of drug-likeness (QED) is 0.553. The van der Waals surface area contributed by atoms with Crippen molar-refractivity contribution in [3.63, 3.8) is 0 Å². The van der Waals surface area contributed by atoms with E-state index in [9.17, 15) is 0 Å². The lowest BCUT2D eigenvalue weighted by atomic mass is 10.0. The fourth-order valence-electron chi connectivity index (χ4n) is 1.92. The predicted molar refractivity (Wildman–Crippen MR) is 91.3 cm³/mol. The highest BCUT2D eigenvalue weighted by Crippen LogP contribution is 2.17. The Hall–Kier alpha value is -2.70. The van der Waals surface area contributed by atoms with Crippen LogP contribution in [0.25, 0.3) is 0 Å². The molecule has 0 heteroatoms. The Morgan fingerprint density at radius 2 is 1.14 bits per heavy atom. The highest BCUT2D eigenvalue weighted by Gasteiger charge is 1.98. The monoisotopic (exact) mass is 270 g/mol. The summed E-state index contributed by atoms with van der Waals surface area (Å²) in [6.07, 6.45) is 21.8. The number of hydrogen-bond acceptors (Lipinski definition) is 0. The van der Waals surface area contributed by atoms with E-state index in [1.165, 1.54) is 11.1 Å². The van der Waals surface area contributed by atoms with Gasteiger partial charge in [0.15, 0.2) is 0 Å². The number of hydrogen-bond donors (Lipinski definition) is 0. The van der Waals surface area contributed by atoms with Gasteiger partial charge in [0.25, 0.3) is 0 Å². The van der Waals surface area contributed by atoms with E-state index in [0.29, 0.717) is 0 Å². The van der Waals surface area contributed by atoms with Crippen LogP contribution in [-0.4, -0.2) is 0 Å². The Balaban J connectivity index is 2.39. The molecular formula is C21H18. The minimum absolute atomic E-state index is 0.928. The van der Waals surface area contributed by atoms with Crippen LogP contribution in [0.2, 0.25) is 0 Å². The smallest absolute Gasteiger partial charge is 0.0000496 e. The molecule has 0 saturated carbocycles. The molecule has 0 unspecified atom stereocenters. The second kappa shape index (κ2) is 7.78. The first kappa shape index (κ1) is 14.7. The van der Waals surface area contributed by atoms with Crippen LogP contribution in [-0.2, 0) is 0 Å². The fraction of sp³-hybridized carbons (Fsp3) is 0.143. The van der Waals surface area contributed by atoms with Crippen LogP contribution in [0.4, 0.5) is 0 Å². The van der Waals surface area contributed by atoms with Crippen molar-refractivity contribution in [2.24, 2.45) is 0 Å². The molecule has 0 aliphatic heterocycles. The maximum atomic E-state index is 3.04. The topological polar surface area (TPSA) is 0 Å². The average molecular weight is 270 g/mol. The van der Waals surface area contributed by atoms with Crippen molar-refractivity contribution >= 4 is 0 Å². The van der Waals surface area contributed by atoms with Gasteiger partial charge < -0.3 is 0 Å². The van der Waals surface area contributed by atoms with Crippen molar-refractivity contribution in [2.75, 3.05) is 0 Å². The molecule has 0 aromatic rings.